The fourth-order valence-electron chi connectivity index (χ4n) is 8.17. The van der Waals surface area contributed by atoms with Crippen LogP contribution in [0.15, 0.2) is 36.5 Å². The lowest BCUT2D eigenvalue weighted by Crippen LogP contribution is -2.59. The third-order valence-electron chi connectivity index (χ3n) is 12.4. The Labute approximate surface area is 335 Å². The Hall–Kier alpha value is -4.61. The first-order valence-electron chi connectivity index (χ1n) is 19.8. The molecule has 0 bridgehead atoms. The molecule has 14 nitrogen and oxygen atoms in total. The van der Waals surface area contributed by atoms with Crippen LogP contribution in [0.2, 0.25) is 0 Å². The second-order valence-electron chi connectivity index (χ2n) is 17.3. The molecule has 3 fully saturated rings. The second kappa shape index (κ2) is 14.9. The third-order valence-corrected chi connectivity index (χ3v) is 14.5. The summed E-state index contributed by atoms with van der Waals surface area (Å²) < 4.78 is 85.8. The maximum atomic E-state index is 14.8. The highest BCUT2D eigenvalue weighted by atomic mass is 32.2. The minimum absolute atomic E-state index is 0.0331. The number of hydrogen-bond acceptors (Lipinski definition) is 10. The van der Waals surface area contributed by atoms with E-state index in [2.05, 4.69) is 20.3 Å². The summed E-state index contributed by atoms with van der Waals surface area (Å²) in [7, 11) is -4.07. The molecule has 0 radical (unpaired) electrons. The van der Waals surface area contributed by atoms with Gasteiger partial charge in [0.15, 0.2) is 0 Å². The molecule has 58 heavy (non-hydrogen) atoms. The van der Waals surface area contributed by atoms with Crippen molar-refractivity contribution >= 4 is 44.6 Å². The van der Waals surface area contributed by atoms with Crippen molar-refractivity contribution in [2.24, 2.45) is 17.8 Å². The number of benzene rings is 1. The van der Waals surface area contributed by atoms with E-state index in [0.717, 1.165) is 17.4 Å². The van der Waals surface area contributed by atoms with Crippen LogP contribution >= 0.6 is 0 Å². The average Bonchev–Trinajstić information content (AvgIpc) is 3.91. The number of pyridine rings is 1. The van der Waals surface area contributed by atoms with E-state index in [9.17, 15) is 40.8 Å². The van der Waals surface area contributed by atoms with Gasteiger partial charge in [0.05, 0.1) is 17.9 Å². The monoisotopic (exact) mass is 833 g/mol. The molecular weight excluding hydrogens is 784 g/mol. The van der Waals surface area contributed by atoms with E-state index in [-0.39, 0.29) is 31.2 Å². The summed E-state index contributed by atoms with van der Waals surface area (Å²) in [5.41, 5.74) is -3.49. The largest absolute Gasteiger partial charge is 0.492 e. The van der Waals surface area contributed by atoms with Gasteiger partial charge in [-0.05, 0) is 88.8 Å². The predicted octanol–water partition coefficient (Wildman–Crippen LogP) is 4.84. The Balaban J connectivity index is 1.22. The van der Waals surface area contributed by atoms with Gasteiger partial charge in [0, 0.05) is 35.7 Å². The summed E-state index contributed by atoms with van der Waals surface area (Å²) in [5.74, 6) is -2.71. The van der Waals surface area contributed by atoms with Crippen LogP contribution in [-0.2, 0) is 35.6 Å². The van der Waals surface area contributed by atoms with Crippen LogP contribution in [0.25, 0.3) is 10.8 Å². The molecule has 3 N–H and O–H groups in total. The quantitative estimate of drug-likeness (QED) is 0.327. The van der Waals surface area contributed by atoms with Crippen molar-refractivity contribution in [2.75, 3.05) is 13.2 Å². The number of halogens is 3. The summed E-state index contributed by atoms with van der Waals surface area (Å²) in [6, 6.07) is 2.83. The number of fused-ring (bicyclic) bond motifs is 5. The van der Waals surface area contributed by atoms with Gasteiger partial charge in [0.2, 0.25) is 33.3 Å². The number of nitrogens with one attached hydrogen (secondary N) is 3. The van der Waals surface area contributed by atoms with Crippen molar-refractivity contribution in [3.05, 3.63) is 42.1 Å². The fourth-order valence-corrected chi connectivity index (χ4v) is 9.48. The van der Waals surface area contributed by atoms with E-state index in [1.54, 1.807) is 32.2 Å². The van der Waals surface area contributed by atoms with Crippen molar-refractivity contribution in [3.8, 4) is 11.6 Å². The van der Waals surface area contributed by atoms with Crippen LogP contribution in [0.5, 0.6) is 11.6 Å². The van der Waals surface area contributed by atoms with Gasteiger partial charge in [0.25, 0.3) is 5.91 Å². The number of carbonyl (C=O) groups is 4. The minimum Gasteiger partial charge on any atom is -0.492 e. The van der Waals surface area contributed by atoms with Crippen LogP contribution in [-0.4, -0.2) is 95.5 Å². The van der Waals surface area contributed by atoms with Gasteiger partial charge < -0.3 is 29.7 Å². The topological polar surface area (TPSA) is 182 Å². The van der Waals surface area contributed by atoms with E-state index in [0.29, 0.717) is 63.7 Å². The maximum absolute atomic E-state index is 14.8. The number of nitrogens with zero attached hydrogens (tertiary/aromatic N) is 2. The van der Waals surface area contributed by atoms with Crippen LogP contribution in [0.1, 0.15) is 85.1 Å². The lowest BCUT2D eigenvalue weighted by Gasteiger charge is -2.34. The smallest absolute Gasteiger partial charge is 0.427 e. The molecule has 0 spiro atoms. The van der Waals surface area contributed by atoms with Crippen LogP contribution in [0.4, 0.5) is 18.0 Å². The van der Waals surface area contributed by atoms with Crippen molar-refractivity contribution in [1.82, 2.24) is 25.2 Å². The molecule has 1 aromatic heterocycles. The zero-order valence-corrected chi connectivity index (χ0v) is 33.9. The summed E-state index contributed by atoms with van der Waals surface area (Å²) in [6.07, 6.45) is 1.03. The zero-order chi connectivity index (χ0) is 42.0. The van der Waals surface area contributed by atoms with E-state index < -0.39 is 85.9 Å². The first-order valence-corrected chi connectivity index (χ1v) is 21.3. The Kier molecular flexibility index (Phi) is 10.7. The Morgan fingerprint density at radius 3 is 2.53 bits per heavy atom. The predicted molar refractivity (Wildman–Crippen MR) is 204 cm³/mol. The normalized spacial score (nSPS) is 30.3. The molecule has 2 aromatic rings. The van der Waals surface area contributed by atoms with Gasteiger partial charge >= 0.3 is 12.3 Å². The Morgan fingerprint density at radius 1 is 1.09 bits per heavy atom. The number of alkyl carbamates (subject to hydrolysis) is 1. The number of alkyl halides is 3. The lowest BCUT2D eigenvalue weighted by atomic mass is 9.88. The van der Waals surface area contributed by atoms with Gasteiger partial charge in [-0.2, -0.15) is 13.2 Å². The van der Waals surface area contributed by atoms with Crippen LogP contribution in [0.3, 0.4) is 0 Å². The van der Waals surface area contributed by atoms with Crippen molar-refractivity contribution in [3.63, 3.8) is 0 Å². The number of sulfonamides is 1. The van der Waals surface area contributed by atoms with Crippen LogP contribution in [0, 0.1) is 17.8 Å². The maximum Gasteiger partial charge on any atom is 0.427 e. The molecule has 4 amide bonds. The molecule has 2 aliphatic carbocycles. The number of rotatable bonds is 7. The van der Waals surface area contributed by atoms with E-state index in [1.165, 1.54) is 4.90 Å². The number of aromatic nitrogens is 1. The van der Waals surface area contributed by atoms with E-state index in [1.807, 2.05) is 25.1 Å². The number of carbonyl (C=O) groups excluding carboxylic acids is 4. The number of allylic oxidation sites excluding steroid dienone is 1. The molecule has 316 valence electrons. The molecule has 4 heterocycles. The molecule has 7 atom stereocenters. The first-order chi connectivity index (χ1) is 27.1. The van der Waals surface area contributed by atoms with Gasteiger partial charge in [-0.15, -0.1) is 0 Å². The number of ether oxygens (including phenoxy) is 3. The minimum atomic E-state index is -4.91. The number of amides is 4. The molecule has 5 aliphatic rings. The van der Waals surface area contributed by atoms with Crippen molar-refractivity contribution in [2.45, 2.75) is 126 Å². The third kappa shape index (κ3) is 7.92. The SMILES string of the molecule is C[C@H]1CC/C=C\[C@@H]2C[C@@]2(C(=O)NS(=O)(=O)C2(C)CC2)NC(=O)[C@@H]2C[C@@H](Oc3nccc4c5c(ccc34)CCO5)CN2C(=O)[C@@H](NC(=O)OC(C)(C)C(F)(F)F)[C@H](C)C1. The highest BCUT2D eigenvalue weighted by Gasteiger charge is 2.63. The second-order valence-corrected chi connectivity index (χ2v) is 19.5. The summed E-state index contributed by atoms with van der Waals surface area (Å²) in [5, 5.41) is 6.60. The Morgan fingerprint density at radius 2 is 1.83 bits per heavy atom. The Bertz CT molecular complexity index is 2140. The molecule has 1 saturated heterocycles. The standard InChI is InChI=1S/C40H50F3N5O9S/c1-22-8-6-7-9-25-20-39(25,35(51)47-58(53,54)38(5)14-15-38)46-32(49)29-19-26(56-33-28-11-10-24-13-17-55-31(24)27(28)12-16-44-33)21-48(29)34(50)30(23(2)18-22)45-36(52)57-37(3,4)40(41,42)43/h7,9-12,16,22-23,25-26,29-30H,6,8,13-15,17-21H2,1-5H3,(H,45,52)(H,46,49)(H,47,51)/b9-7-/t22-,23+,25+,26+,29-,30-,39+/m0/s1. The highest BCUT2D eigenvalue weighted by molar-refractivity contribution is 7.91. The van der Waals surface area contributed by atoms with Crippen molar-refractivity contribution < 1.29 is 55.0 Å². The molecule has 2 saturated carbocycles. The van der Waals surface area contributed by atoms with Gasteiger partial charge in [0.1, 0.15) is 29.5 Å². The zero-order valence-electron chi connectivity index (χ0n) is 33.1. The first kappa shape index (κ1) is 41.5. The van der Waals surface area contributed by atoms with Crippen molar-refractivity contribution in [1.29, 1.82) is 0 Å². The average molecular weight is 834 g/mol. The summed E-state index contributed by atoms with van der Waals surface area (Å²) in [4.78, 5) is 62.0. The highest BCUT2D eigenvalue weighted by Crippen LogP contribution is 2.48. The molecule has 3 aliphatic heterocycles. The van der Waals surface area contributed by atoms with E-state index >= 15 is 0 Å². The van der Waals surface area contributed by atoms with E-state index in [4.69, 9.17) is 14.2 Å². The molecule has 1 aromatic carbocycles. The molecule has 0 unspecified atom stereocenters. The van der Waals surface area contributed by atoms with Gasteiger partial charge in [-0.3, -0.25) is 19.1 Å². The number of hydrogen-bond donors (Lipinski definition) is 3. The van der Waals surface area contributed by atoms with Gasteiger partial charge in [-0.1, -0.05) is 32.1 Å². The molecule has 18 heteroatoms. The summed E-state index contributed by atoms with van der Waals surface area (Å²) >= 11 is 0. The molecule has 7 rings (SSSR count). The lowest BCUT2D eigenvalue weighted by molar-refractivity contribution is -0.244. The summed E-state index contributed by atoms with van der Waals surface area (Å²) in [6.45, 7) is 6.90. The molecular formula is C40H50F3N5O9S. The van der Waals surface area contributed by atoms with Gasteiger partial charge in [-0.25, -0.2) is 18.2 Å². The fraction of sp³-hybridized carbons (Fsp3) is 0.625. The van der Waals surface area contributed by atoms with Crippen LogP contribution < -0.4 is 24.8 Å².